The highest BCUT2D eigenvalue weighted by atomic mass is 16.5. The van der Waals surface area contributed by atoms with Crippen LogP contribution >= 0.6 is 0 Å². The summed E-state index contributed by atoms with van der Waals surface area (Å²) in [5.41, 5.74) is 5.08. The van der Waals surface area contributed by atoms with Gasteiger partial charge in [-0.3, -0.25) is 4.79 Å². The quantitative estimate of drug-likeness (QED) is 0.791. The lowest BCUT2D eigenvalue weighted by Gasteiger charge is -2.12. The van der Waals surface area contributed by atoms with E-state index in [9.17, 15) is 4.79 Å². The van der Waals surface area contributed by atoms with E-state index >= 15 is 0 Å². The fraction of sp³-hybridized carbons (Fsp3) is 0.238. The zero-order chi connectivity index (χ0) is 18.1. The van der Waals surface area contributed by atoms with Crippen molar-refractivity contribution in [1.29, 1.82) is 0 Å². The minimum atomic E-state index is -0.0692. The normalized spacial score (nSPS) is 16.4. The Hall–Kier alpha value is -3.08. The Morgan fingerprint density at radius 2 is 2.08 bits per heavy atom. The van der Waals surface area contributed by atoms with E-state index in [-0.39, 0.29) is 11.9 Å². The van der Waals surface area contributed by atoms with Crippen LogP contribution in [0.1, 0.15) is 34.0 Å². The molecule has 1 atom stereocenters. The standard InChI is InChI=1S/C21H21N3O2/c1-14-10-20-19(21(25)23-15(2)13-26-20)12-17(14)11-16-4-6-18(7-5-16)24-9-3-8-22-24/h3-10,12,15H,11,13H2,1-2H3,(H,23,25)/t15-/m0/s1. The van der Waals surface area contributed by atoms with Crippen LogP contribution in [0.2, 0.25) is 0 Å². The van der Waals surface area contributed by atoms with Crippen molar-refractivity contribution in [3.05, 3.63) is 77.1 Å². The molecule has 3 aromatic rings. The van der Waals surface area contributed by atoms with E-state index in [0.29, 0.717) is 17.9 Å². The highest BCUT2D eigenvalue weighted by molar-refractivity contribution is 5.97. The molecule has 132 valence electrons. The Balaban J connectivity index is 1.60. The lowest BCUT2D eigenvalue weighted by atomic mass is 9.97. The third kappa shape index (κ3) is 3.20. The number of aromatic nitrogens is 2. The van der Waals surface area contributed by atoms with Crippen molar-refractivity contribution in [2.24, 2.45) is 0 Å². The first-order valence-corrected chi connectivity index (χ1v) is 8.76. The van der Waals surface area contributed by atoms with Crippen molar-refractivity contribution in [3.8, 4) is 11.4 Å². The van der Waals surface area contributed by atoms with E-state index in [1.54, 1.807) is 6.20 Å². The molecule has 1 amide bonds. The topological polar surface area (TPSA) is 56.2 Å². The second-order valence-corrected chi connectivity index (χ2v) is 6.75. The summed E-state index contributed by atoms with van der Waals surface area (Å²) in [7, 11) is 0. The molecule has 0 fully saturated rings. The molecule has 1 aromatic heterocycles. The molecule has 4 rings (SSSR count). The number of nitrogens with one attached hydrogen (secondary N) is 1. The van der Waals surface area contributed by atoms with Crippen LogP contribution in [0.4, 0.5) is 0 Å². The van der Waals surface area contributed by atoms with E-state index in [0.717, 1.165) is 23.2 Å². The Kier molecular flexibility index (Phi) is 4.21. The van der Waals surface area contributed by atoms with Crippen molar-refractivity contribution in [2.75, 3.05) is 6.61 Å². The third-order valence-corrected chi connectivity index (χ3v) is 4.65. The van der Waals surface area contributed by atoms with Crippen LogP contribution in [-0.4, -0.2) is 28.3 Å². The molecular formula is C21H21N3O2. The van der Waals surface area contributed by atoms with Crippen molar-refractivity contribution in [1.82, 2.24) is 15.1 Å². The molecule has 1 aliphatic heterocycles. The second kappa shape index (κ2) is 6.67. The van der Waals surface area contributed by atoms with Gasteiger partial charge in [0.1, 0.15) is 12.4 Å². The molecule has 0 radical (unpaired) electrons. The highest BCUT2D eigenvalue weighted by Crippen LogP contribution is 2.27. The lowest BCUT2D eigenvalue weighted by molar-refractivity contribution is 0.0942. The zero-order valence-corrected chi connectivity index (χ0v) is 14.9. The fourth-order valence-electron chi connectivity index (χ4n) is 3.18. The third-order valence-electron chi connectivity index (χ3n) is 4.65. The van der Waals surface area contributed by atoms with Crippen LogP contribution in [0.15, 0.2) is 54.9 Å². The van der Waals surface area contributed by atoms with Gasteiger partial charge in [0, 0.05) is 12.4 Å². The maximum atomic E-state index is 12.4. The molecule has 0 aliphatic carbocycles. The van der Waals surface area contributed by atoms with Crippen molar-refractivity contribution in [3.63, 3.8) is 0 Å². The van der Waals surface area contributed by atoms with Gasteiger partial charge in [0.05, 0.1) is 17.3 Å². The number of fused-ring (bicyclic) bond motifs is 1. The Labute approximate surface area is 152 Å². The van der Waals surface area contributed by atoms with Gasteiger partial charge in [-0.05, 0) is 67.3 Å². The molecule has 1 N–H and O–H groups in total. The van der Waals surface area contributed by atoms with Gasteiger partial charge in [-0.25, -0.2) is 4.68 Å². The summed E-state index contributed by atoms with van der Waals surface area (Å²) in [6.45, 7) is 4.49. The van der Waals surface area contributed by atoms with Crippen LogP contribution in [0.5, 0.6) is 5.75 Å². The number of nitrogens with zero attached hydrogens (tertiary/aromatic N) is 2. The molecule has 0 saturated carbocycles. The predicted octanol–water partition coefficient (Wildman–Crippen LogP) is 3.28. The van der Waals surface area contributed by atoms with Gasteiger partial charge in [-0.2, -0.15) is 5.10 Å². The first kappa shape index (κ1) is 16.4. The molecule has 0 saturated heterocycles. The molecular weight excluding hydrogens is 326 g/mol. The summed E-state index contributed by atoms with van der Waals surface area (Å²) in [5, 5.41) is 7.20. The molecule has 2 aromatic carbocycles. The summed E-state index contributed by atoms with van der Waals surface area (Å²) in [4.78, 5) is 12.4. The number of hydrogen-bond donors (Lipinski definition) is 1. The molecule has 26 heavy (non-hydrogen) atoms. The molecule has 5 heteroatoms. The number of ether oxygens (including phenoxy) is 1. The average molecular weight is 347 g/mol. The fourth-order valence-corrected chi connectivity index (χ4v) is 3.18. The molecule has 0 bridgehead atoms. The molecule has 0 spiro atoms. The first-order valence-electron chi connectivity index (χ1n) is 8.76. The van der Waals surface area contributed by atoms with Crippen LogP contribution in [0, 0.1) is 6.92 Å². The van der Waals surface area contributed by atoms with Crippen LogP contribution < -0.4 is 10.1 Å². The maximum Gasteiger partial charge on any atom is 0.255 e. The minimum Gasteiger partial charge on any atom is -0.491 e. The SMILES string of the molecule is Cc1cc2c(cc1Cc1ccc(-n3cccn3)cc1)C(=O)N[C@@H](C)CO2. The van der Waals surface area contributed by atoms with Gasteiger partial charge in [0.2, 0.25) is 0 Å². The number of benzene rings is 2. The summed E-state index contributed by atoms with van der Waals surface area (Å²) in [6.07, 6.45) is 4.45. The van der Waals surface area contributed by atoms with Gasteiger partial charge in [0.25, 0.3) is 5.91 Å². The van der Waals surface area contributed by atoms with Crippen molar-refractivity contribution in [2.45, 2.75) is 26.3 Å². The van der Waals surface area contributed by atoms with Crippen molar-refractivity contribution < 1.29 is 9.53 Å². The second-order valence-electron chi connectivity index (χ2n) is 6.75. The van der Waals surface area contributed by atoms with Gasteiger partial charge >= 0.3 is 0 Å². The van der Waals surface area contributed by atoms with E-state index < -0.39 is 0 Å². The van der Waals surface area contributed by atoms with Crippen LogP contribution in [0.3, 0.4) is 0 Å². The van der Waals surface area contributed by atoms with Gasteiger partial charge in [-0.15, -0.1) is 0 Å². The smallest absolute Gasteiger partial charge is 0.255 e. The molecule has 5 nitrogen and oxygen atoms in total. The molecule has 1 aliphatic rings. The largest absolute Gasteiger partial charge is 0.491 e. The van der Waals surface area contributed by atoms with Crippen molar-refractivity contribution >= 4 is 5.91 Å². The highest BCUT2D eigenvalue weighted by Gasteiger charge is 2.21. The molecule has 2 heterocycles. The lowest BCUT2D eigenvalue weighted by Crippen LogP contribution is -2.33. The van der Waals surface area contributed by atoms with Crippen LogP contribution in [-0.2, 0) is 6.42 Å². The zero-order valence-electron chi connectivity index (χ0n) is 14.9. The summed E-state index contributed by atoms with van der Waals surface area (Å²) < 4.78 is 7.61. The monoisotopic (exact) mass is 347 g/mol. The van der Waals surface area contributed by atoms with E-state index in [1.807, 2.05) is 36.0 Å². The predicted molar refractivity (Wildman–Crippen MR) is 100.0 cm³/mol. The summed E-state index contributed by atoms with van der Waals surface area (Å²) >= 11 is 0. The van der Waals surface area contributed by atoms with Gasteiger partial charge < -0.3 is 10.1 Å². The maximum absolute atomic E-state index is 12.4. The summed E-state index contributed by atoms with van der Waals surface area (Å²) in [6, 6.07) is 14.1. The number of hydrogen-bond acceptors (Lipinski definition) is 3. The number of carbonyl (C=O) groups excluding carboxylic acids is 1. The van der Waals surface area contributed by atoms with Gasteiger partial charge in [-0.1, -0.05) is 12.1 Å². The number of rotatable bonds is 3. The summed E-state index contributed by atoms with van der Waals surface area (Å²) in [5.74, 6) is 0.599. The van der Waals surface area contributed by atoms with Crippen LogP contribution in [0.25, 0.3) is 5.69 Å². The number of aryl methyl sites for hydroxylation is 1. The van der Waals surface area contributed by atoms with E-state index in [1.165, 1.54) is 5.56 Å². The molecule has 0 unspecified atom stereocenters. The van der Waals surface area contributed by atoms with Gasteiger partial charge in [0.15, 0.2) is 0 Å². The van der Waals surface area contributed by atoms with E-state index in [4.69, 9.17) is 4.74 Å². The van der Waals surface area contributed by atoms with E-state index in [2.05, 4.69) is 41.6 Å². The number of amides is 1. The Bertz CT molecular complexity index is 931. The Morgan fingerprint density at radius 1 is 1.27 bits per heavy atom. The Morgan fingerprint density at radius 3 is 2.81 bits per heavy atom. The average Bonchev–Trinajstić information content (AvgIpc) is 3.12. The first-order chi connectivity index (χ1) is 12.6. The minimum absolute atomic E-state index is 0.00787. The number of carbonyl (C=O) groups is 1.